The summed E-state index contributed by atoms with van der Waals surface area (Å²) in [5, 5.41) is 24.0. The first-order valence-corrected chi connectivity index (χ1v) is 10.4. The predicted octanol–water partition coefficient (Wildman–Crippen LogP) is 1.61. The Balaban J connectivity index is 1.94. The third-order valence-electron chi connectivity index (χ3n) is 5.56. The topological polar surface area (TPSA) is 109 Å². The van der Waals surface area contributed by atoms with E-state index in [4.69, 9.17) is 0 Å². The second-order valence-corrected chi connectivity index (χ2v) is 7.74. The average Bonchev–Trinajstić information content (AvgIpc) is 3.11. The molecule has 2 N–H and O–H groups in total. The lowest BCUT2D eigenvalue weighted by atomic mass is 10.0. The zero-order chi connectivity index (χ0) is 22.8. The van der Waals surface area contributed by atoms with Gasteiger partial charge >= 0.3 is 0 Å². The number of anilines is 1. The van der Waals surface area contributed by atoms with Crippen molar-refractivity contribution in [1.29, 1.82) is 0 Å². The van der Waals surface area contributed by atoms with Gasteiger partial charge in [-0.1, -0.05) is 24.3 Å². The van der Waals surface area contributed by atoms with Gasteiger partial charge < -0.3 is 19.7 Å². The van der Waals surface area contributed by atoms with Gasteiger partial charge in [0.25, 0.3) is 5.56 Å². The van der Waals surface area contributed by atoms with Crippen LogP contribution >= 0.6 is 0 Å². The first-order chi connectivity index (χ1) is 15.4. The highest BCUT2D eigenvalue weighted by Gasteiger charge is 2.17. The number of aliphatic hydroxyl groups excluding tert-OH is 2. The number of pyridine rings is 1. The van der Waals surface area contributed by atoms with Gasteiger partial charge in [-0.05, 0) is 31.5 Å². The minimum Gasteiger partial charge on any atom is -0.395 e. The second-order valence-electron chi connectivity index (χ2n) is 7.74. The molecule has 9 nitrogen and oxygen atoms in total. The van der Waals surface area contributed by atoms with E-state index < -0.39 is 0 Å². The Labute approximate surface area is 185 Å². The van der Waals surface area contributed by atoms with E-state index in [1.54, 1.807) is 15.4 Å². The Morgan fingerprint density at radius 3 is 2.56 bits per heavy atom. The van der Waals surface area contributed by atoms with Crippen molar-refractivity contribution in [2.24, 2.45) is 7.05 Å². The van der Waals surface area contributed by atoms with Gasteiger partial charge in [0.1, 0.15) is 12.2 Å². The van der Waals surface area contributed by atoms with Crippen molar-refractivity contribution < 1.29 is 10.2 Å². The zero-order valence-electron chi connectivity index (χ0n) is 18.4. The summed E-state index contributed by atoms with van der Waals surface area (Å²) in [7, 11) is 1.87. The molecule has 4 rings (SSSR count). The molecule has 0 radical (unpaired) electrons. The zero-order valence-corrected chi connectivity index (χ0v) is 18.4. The minimum atomic E-state index is -0.366. The maximum atomic E-state index is 13.7. The Morgan fingerprint density at radius 1 is 1.12 bits per heavy atom. The van der Waals surface area contributed by atoms with Crippen LogP contribution in [0.15, 0.2) is 47.4 Å². The number of aliphatic hydroxyl groups is 2. The van der Waals surface area contributed by atoms with E-state index in [2.05, 4.69) is 15.1 Å². The number of nitrogens with zero attached hydrogens (tertiary/aromatic N) is 6. The van der Waals surface area contributed by atoms with Crippen LogP contribution in [-0.4, -0.2) is 54.4 Å². The van der Waals surface area contributed by atoms with Gasteiger partial charge in [0.05, 0.1) is 24.5 Å². The van der Waals surface area contributed by atoms with Gasteiger partial charge in [0, 0.05) is 36.4 Å². The van der Waals surface area contributed by atoms with Crippen LogP contribution in [0.4, 0.5) is 5.95 Å². The molecule has 0 aliphatic rings. The maximum absolute atomic E-state index is 13.7. The van der Waals surface area contributed by atoms with Crippen LogP contribution in [0.2, 0.25) is 0 Å². The number of aryl methyl sites for hydroxylation is 3. The SMILES string of the molecule is Cc1ccccc1-c1cc2cnc(N(CO)CCO)nc2c(=O)n1Cc1cc(C)n(C)n1. The highest BCUT2D eigenvalue weighted by molar-refractivity contribution is 5.83. The van der Waals surface area contributed by atoms with Crippen LogP contribution in [0.5, 0.6) is 0 Å². The van der Waals surface area contributed by atoms with E-state index in [9.17, 15) is 15.0 Å². The van der Waals surface area contributed by atoms with Gasteiger partial charge in [0.15, 0.2) is 0 Å². The average molecular weight is 435 g/mol. The van der Waals surface area contributed by atoms with Gasteiger partial charge in [-0.25, -0.2) is 9.97 Å². The largest absolute Gasteiger partial charge is 0.395 e. The van der Waals surface area contributed by atoms with Crippen LogP contribution in [0.1, 0.15) is 17.0 Å². The van der Waals surface area contributed by atoms with Crippen molar-refractivity contribution in [2.45, 2.75) is 20.4 Å². The van der Waals surface area contributed by atoms with E-state index in [1.807, 2.05) is 57.3 Å². The fourth-order valence-electron chi connectivity index (χ4n) is 3.74. The van der Waals surface area contributed by atoms with E-state index in [-0.39, 0.29) is 36.9 Å². The molecule has 1 aromatic carbocycles. The summed E-state index contributed by atoms with van der Waals surface area (Å²) in [5.41, 5.74) is 4.50. The monoisotopic (exact) mass is 434 g/mol. The summed E-state index contributed by atoms with van der Waals surface area (Å²) in [4.78, 5) is 23.8. The molecule has 0 aliphatic carbocycles. The van der Waals surface area contributed by atoms with Crippen LogP contribution in [0.3, 0.4) is 0 Å². The first-order valence-electron chi connectivity index (χ1n) is 10.4. The molecule has 0 amide bonds. The first kappa shape index (κ1) is 21.7. The molecule has 9 heteroatoms. The fraction of sp³-hybridized carbons (Fsp3) is 0.304. The van der Waals surface area contributed by atoms with Crippen molar-refractivity contribution in [2.75, 3.05) is 24.8 Å². The lowest BCUT2D eigenvalue weighted by Gasteiger charge is -2.19. The van der Waals surface area contributed by atoms with Crippen molar-refractivity contribution in [3.63, 3.8) is 0 Å². The van der Waals surface area contributed by atoms with Gasteiger partial charge in [0.2, 0.25) is 5.95 Å². The van der Waals surface area contributed by atoms with Crippen molar-refractivity contribution in [1.82, 2.24) is 24.3 Å². The molecule has 0 spiro atoms. The summed E-state index contributed by atoms with van der Waals surface area (Å²) in [6.45, 7) is 3.88. The van der Waals surface area contributed by atoms with E-state index in [0.29, 0.717) is 11.9 Å². The van der Waals surface area contributed by atoms with Crippen LogP contribution in [0, 0.1) is 13.8 Å². The number of aromatic nitrogens is 5. The van der Waals surface area contributed by atoms with Gasteiger partial charge in [-0.3, -0.25) is 9.48 Å². The van der Waals surface area contributed by atoms with Crippen LogP contribution in [-0.2, 0) is 13.6 Å². The Bertz CT molecular complexity index is 1310. The Hall–Kier alpha value is -3.56. The van der Waals surface area contributed by atoms with Crippen LogP contribution in [0.25, 0.3) is 22.2 Å². The molecule has 0 unspecified atom stereocenters. The highest BCUT2D eigenvalue weighted by Crippen LogP contribution is 2.26. The molecule has 0 aliphatic heterocycles. The summed E-state index contributed by atoms with van der Waals surface area (Å²) >= 11 is 0. The lowest BCUT2D eigenvalue weighted by Crippen LogP contribution is -2.30. The number of rotatable bonds is 7. The van der Waals surface area contributed by atoms with E-state index in [1.165, 1.54) is 4.90 Å². The smallest absolute Gasteiger partial charge is 0.278 e. The van der Waals surface area contributed by atoms with Gasteiger partial charge in [-0.2, -0.15) is 5.10 Å². The van der Waals surface area contributed by atoms with Crippen molar-refractivity contribution >= 4 is 16.9 Å². The normalized spacial score (nSPS) is 11.3. The maximum Gasteiger partial charge on any atom is 0.278 e. The summed E-state index contributed by atoms with van der Waals surface area (Å²) in [6.07, 6.45) is 1.58. The van der Waals surface area contributed by atoms with Crippen LogP contribution < -0.4 is 10.5 Å². The highest BCUT2D eigenvalue weighted by atomic mass is 16.3. The minimum absolute atomic E-state index is 0.157. The van der Waals surface area contributed by atoms with Gasteiger partial charge in [-0.15, -0.1) is 0 Å². The molecule has 0 atom stereocenters. The third-order valence-corrected chi connectivity index (χ3v) is 5.56. The number of hydrogen-bond acceptors (Lipinski definition) is 7. The van der Waals surface area contributed by atoms with E-state index in [0.717, 1.165) is 28.2 Å². The molecule has 3 heterocycles. The molecule has 3 aromatic heterocycles. The quantitative estimate of drug-likeness (QED) is 0.425. The molecular weight excluding hydrogens is 408 g/mol. The second kappa shape index (κ2) is 8.89. The molecular formula is C23H26N6O3. The summed E-state index contributed by atoms with van der Waals surface area (Å²) in [5.74, 6) is 0.190. The molecule has 0 saturated heterocycles. The van der Waals surface area contributed by atoms with E-state index >= 15 is 0 Å². The number of benzene rings is 1. The molecule has 4 aromatic rings. The lowest BCUT2D eigenvalue weighted by molar-refractivity contribution is 0.256. The Morgan fingerprint density at radius 2 is 1.91 bits per heavy atom. The fourth-order valence-corrected chi connectivity index (χ4v) is 3.74. The molecule has 166 valence electrons. The molecule has 0 fully saturated rings. The summed E-state index contributed by atoms with van der Waals surface area (Å²) < 4.78 is 3.46. The van der Waals surface area contributed by atoms with Crippen molar-refractivity contribution in [3.8, 4) is 11.3 Å². The Kier molecular flexibility index (Phi) is 6.02. The number of hydrogen-bond donors (Lipinski definition) is 2. The third kappa shape index (κ3) is 4.00. The molecule has 0 bridgehead atoms. The standard InChI is InChI=1S/C23H26N6O3/c1-15-6-4-5-7-19(15)20-11-17-12-24-23(28(14-31)8-9-30)25-21(17)22(32)29(20)13-18-10-16(2)27(3)26-18/h4-7,10-12,30-31H,8-9,13-14H2,1-3H3. The molecule has 32 heavy (non-hydrogen) atoms. The summed E-state index contributed by atoms with van der Waals surface area (Å²) in [6, 6.07) is 11.8. The van der Waals surface area contributed by atoms with Crippen molar-refractivity contribution in [3.05, 3.63) is 69.9 Å². The molecule has 0 saturated carbocycles. The number of fused-ring (bicyclic) bond motifs is 1. The predicted molar refractivity (Wildman–Crippen MR) is 123 cm³/mol.